The first-order valence-electron chi connectivity index (χ1n) is 7.45. The summed E-state index contributed by atoms with van der Waals surface area (Å²) in [5.41, 5.74) is 0.873. The fourth-order valence-electron chi connectivity index (χ4n) is 1.64. The largest absolute Gasteiger partial charge is 0.490 e. The lowest BCUT2D eigenvalue weighted by molar-refractivity contribution is -0.137. The van der Waals surface area contributed by atoms with Crippen LogP contribution in [0.3, 0.4) is 0 Å². The van der Waals surface area contributed by atoms with Gasteiger partial charge in [0.15, 0.2) is 11.5 Å². The summed E-state index contributed by atoms with van der Waals surface area (Å²) in [6.07, 6.45) is 4.99. The van der Waals surface area contributed by atoms with Gasteiger partial charge in [0.05, 0.1) is 19.8 Å². The van der Waals surface area contributed by atoms with Crippen molar-refractivity contribution in [2.24, 2.45) is 0 Å². The minimum atomic E-state index is -0.347. The molecule has 0 bridgehead atoms. The van der Waals surface area contributed by atoms with Crippen LogP contribution >= 0.6 is 0 Å². The van der Waals surface area contributed by atoms with Crippen LogP contribution in [-0.2, 0) is 9.53 Å². The molecule has 0 N–H and O–H groups in total. The predicted octanol–water partition coefficient (Wildman–Crippen LogP) is 3.84. The standard InChI is InChI=1S/C17H24O4/c1-4-11-20-15-9-7-14(8-10-17(18)19-6-3)13-16(15)21-12-5-2/h7-10,13H,4-6,11-12H2,1-3H3/b10-8+. The van der Waals surface area contributed by atoms with Gasteiger partial charge in [0.2, 0.25) is 0 Å². The number of rotatable bonds is 9. The van der Waals surface area contributed by atoms with Crippen LogP contribution in [0.4, 0.5) is 0 Å². The van der Waals surface area contributed by atoms with Gasteiger partial charge in [-0.2, -0.15) is 0 Å². The Morgan fingerprint density at radius 1 is 1.05 bits per heavy atom. The summed E-state index contributed by atoms with van der Waals surface area (Å²) in [6.45, 7) is 7.55. The third kappa shape index (κ3) is 6.34. The summed E-state index contributed by atoms with van der Waals surface area (Å²) in [5, 5.41) is 0. The van der Waals surface area contributed by atoms with E-state index in [1.54, 1.807) is 13.0 Å². The zero-order chi connectivity index (χ0) is 15.5. The van der Waals surface area contributed by atoms with Crippen molar-refractivity contribution in [3.8, 4) is 11.5 Å². The average molecular weight is 292 g/mol. The number of hydrogen-bond acceptors (Lipinski definition) is 4. The highest BCUT2D eigenvalue weighted by molar-refractivity contribution is 5.87. The molecule has 21 heavy (non-hydrogen) atoms. The first kappa shape index (κ1) is 17.1. The van der Waals surface area contributed by atoms with Gasteiger partial charge in [0.1, 0.15) is 0 Å². The van der Waals surface area contributed by atoms with E-state index in [0.717, 1.165) is 24.2 Å². The van der Waals surface area contributed by atoms with Crippen molar-refractivity contribution in [3.63, 3.8) is 0 Å². The van der Waals surface area contributed by atoms with Gasteiger partial charge in [-0.25, -0.2) is 4.79 Å². The molecule has 4 heteroatoms. The molecule has 1 rings (SSSR count). The first-order chi connectivity index (χ1) is 10.2. The van der Waals surface area contributed by atoms with E-state index in [9.17, 15) is 4.79 Å². The van der Waals surface area contributed by atoms with Crippen molar-refractivity contribution in [3.05, 3.63) is 29.8 Å². The monoisotopic (exact) mass is 292 g/mol. The Morgan fingerprint density at radius 3 is 2.33 bits per heavy atom. The molecule has 0 spiro atoms. The Hall–Kier alpha value is -1.97. The number of carbonyl (C=O) groups excluding carboxylic acids is 1. The van der Waals surface area contributed by atoms with Gasteiger partial charge in [0, 0.05) is 6.08 Å². The zero-order valence-electron chi connectivity index (χ0n) is 13.1. The number of carbonyl (C=O) groups is 1. The van der Waals surface area contributed by atoms with Gasteiger partial charge in [-0.3, -0.25) is 0 Å². The summed E-state index contributed by atoms with van der Waals surface area (Å²) < 4.78 is 16.2. The molecule has 0 radical (unpaired) electrons. The Labute approximate surface area is 126 Å². The second kappa shape index (κ2) is 9.86. The topological polar surface area (TPSA) is 44.8 Å². The quantitative estimate of drug-likeness (QED) is 0.512. The maximum absolute atomic E-state index is 11.3. The Balaban J connectivity index is 2.84. The van der Waals surface area contributed by atoms with Gasteiger partial charge < -0.3 is 14.2 Å². The molecule has 1 aromatic carbocycles. The fourth-order valence-corrected chi connectivity index (χ4v) is 1.64. The predicted molar refractivity (Wildman–Crippen MR) is 83.7 cm³/mol. The van der Waals surface area contributed by atoms with Crippen molar-refractivity contribution in [1.82, 2.24) is 0 Å². The van der Waals surface area contributed by atoms with E-state index in [0.29, 0.717) is 25.6 Å². The number of hydrogen-bond donors (Lipinski definition) is 0. The summed E-state index contributed by atoms with van der Waals surface area (Å²) in [5.74, 6) is 1.09. The van der Waals surface area contributed by atoms with Crippen molar-refractivity contribution in [1.29, 1.82) is 0 Å². The van der Waals surface area contributed by atoms with Crippen LogP contribution in [0.2, 0.25) is 0 Å². The van der Waals surface area contributed by atoms with Crippen molar-refractivity contribution >= 4 is 12.0 Å². The van der Waals surface area contributed by atoms with Crippen molar-refractivity contribution in [2.75, 3.05) is 19.8 Å². The molecule has 0 aliphatic rings. The van der Waals surface area contributed by atoms with Crippen LogP contribution in [0.25, 0.3) is 6.08 Å². The van der Waals surface area contributed by atoms with E-state index in [4.69, 9.17) is 14.2 Å². The molecular formula is C17H24O4. The fraction of sp³-hybridized carbons (Fsp3) is 0.471. The molecule has 1 aromatic rings. The van der Waals surface area contributed by atoms with Crippen LogP contribution in [0.15, 0.2) is 24.3 Å². The summed E-state index contributed by atoms with van der Waals surface area (Å²) in [4.78, 5) is 11.3. The van der Waals surface area contributed by atoms with E-state index >= 15 is 0 Å². The van der Waals surface area contributed by atoms with Crippen LogP contribution in [0.5, 0.6) is 11.5 Å². The summed E-state index contributed by atoms with van der Waals surface area (Å²) in [6, 6.07) is 5.63. The normalized spacial score (nSPS) is 10.6. The number of esters is 1. The lowest BCUT2D eigenvalue weighted by Crippen LogP contribution is -2.01. The molecular weight excluding hydrogens is 268 g/mol. The van der Waals surface area contributed by atoms with E-state index < -0.39 is 0 Å². The molecule has 0 aliphatic heterocycles. The van der Waals surface area contributed by atoms with Gasteiger partial charge in [0.25, 0.3) is 0 Å². The molecule has 116 valence electrons. The maximum atomic E-state index is 11.3. The summed E-state index contributed by atoms with van der Waals surface area (Å²) in [7, 11) is 0. The molecule has 0 unspecified atom stereocenters. The van der Waals surface area contributed by atoms with Crippen LogP contribution in [0, 0.1) is 0 Å². The van der Waals surface area contributed by atoms with E-state index in [-0.39, 0.29) is 5.97 Å². The van der Waals surface area contributed by atoms with Crippen LogP contribution in [0.1, 0.15) is 39.2 Å². The van der Waals surface area contributed by atoms with Crippen LogP contribution < -0.4 is 9.47 Å². The molecule has 4 nitrogen and oxygen atoms in total. The molecule has 0 aliphatic carbocycles. The lowest BCUT2D eigenvalue weighted by atomic mass is 10.2. The molecule has 0 atom stereocenters. The van der Waals surface area contributed by atoms with Gasteiger partial charge in [-0.15, -0.1) is 0 Å². The Kier molecular flexibility index (Phi) is 8.02. The third-order valence-electron chi connectivity index (χ3n) is 2.59. The Bertz CT molecular complexity index is 466. The van der Waals surface area contributed by atoms with Crippen molar-refractivity contribution < 1.29 is 19.0 Å². The molecule has 0 saturated heterocycles. The second-order valence-electron chi connectivity index (χ2n) is 4.49. The maximum Gasteiger partial charge on any atom is 0.330 e. The van der Waals surface area contributed by atoms with Crippen LogP contribution in [-0.4, -0.2) is 25.8 Å². The van der Waals surface area contributed by atoms with Gasteiger partial charge in [-0.05, 0) is 43.5 Å². The molecule has 0 amide bonds. The SMILES string of the molecule is CCCOc1ccc(/C=C/C(=O)OCC)cc1OCCC. The highest BCUT2D eigenvalue weighted by Gasteiger charge is 2.06. The molecule has 0 aromatic heterocycles. The minimum Gasteiger partial charge on any atom is -0.490 e. The number of benzene rings is 1. The number of ether oxygens (including phenoxy) is 3. The molecule has 0 heterocycles. The van der Waals surface area contributed by atoms with E-state index in [2.05, 4.69) is 13.8 Å². The highest BCUT2D eigenvalue weighted by Crippen LogP contribution is 2.29. The third-order valence-corrected chi connectivity index (χ3v) is 2.59. The highest BCUT2D eigenvalue weighted by atomic mass is 16.5. The smallest absolute Gasteiger partial charge is 0.330 e. The first-order valence-corrected chi connectivity index (χ1v) is 7.45. The zero-order valence-corrected chi connectivity index (χ0v) is 13.1. The van der Waals surface area contributed by atoms with E-state index in [1.165, 1.54) is 6.08 Å². The van der Waals surface area contributed by atoms with Gasteiger partial charge >= 0.3 is 5.97 Å². The second-order valence-corrected chi connectivity index (χ2v) is 4.49. The molecule has 0 fully saturated rings. The Morgan fingerprint density at radius 2 is 1.71 bits per heavy atom. The molecule has 0 saturated carbocycles. The average Bonchev–Trinajstić information content (AvgIpc) is 2.50. The van der Waals surface area contributed by atoms with Crippen molar-refractivity contribution in [2.45, 2.75) is 33.6 Å². The minimum absolute atomic E-state index is 0.347. The lowest BCUT2D eigenvalue weighted by Gasteiger charge is -2.12. The van der Waals surface area contributed by atoms with Gasteiger partial charge in [-0.1, -0.05) is 19.9 Å². The van der Waals surface area contributed by atoms with E-state index in [1.807, 2.05) is 18.2 Å². The summed E-state index contributed by atoms with van der Waals surface area (Å²) >= 11 is 0.